The molecule has 1 aromatic rings. The van der Waals surface area contributed by atoms with Crippen LogP contribution in [0, 0.1) is 5.41 Å². The van der Waals surface area contributed by atoms with E-state index in [-0.39, 0.29) is 11.3 Å². The lowest BCUT2D eigenvalue weighted by Gasteiger charge is -2.37. The molecule has 1 heterocycles. The van der Waals surface area contributed by atoms with Crippen LogP contribution >= 0.6 is 0 Å². The maximum atomic E-state index is 12.2. The molecule has 0 atom stereocenters. The molecule has 1 fully saturated rings. The molecular weight excluding hydrogens is 304 g/mol. The van der Waals surface area contributed by atoms with Gasteiger partial charge in [-0.25, -0.2) is 0 Å². The SMILES string of the molecule is CCOc1ccc(CCC(=O)NCC2(COC)CCNCC2)cc1. The Kier molecular flexibility index (Phi) is 7.53. The molecule has 5 nitrogen and oxygen atoms in total. The van der Waals surface area contributed by atoms with E-state index in [0.717, 1.165) is 43.7 Å². The zero-order chi connectivity index (χ0) is 17.3. The Morgan fingerprint density at radius 1 is 1.25 bits per heavy atom. The minimum Gasteiger partial charge on any atom is -0.494 e. The maximum absolute atomic E-state index is 12.2. The molecule has 0 radical (unpaired) electrons. The summed E-state index contributed by atoms with van der Waals surface area (Å²) >= 11 is 0. The second-order valence-corrected chi connectivity index (χ2v) is 6.54. The standard InChI is InChI=1S/C19H30N2O3/c1-3-24-17-7-4-16(5-8-17)6-9-18(22)21-14-19(15-23-2)10-12-20-13-11-19/h4-5,7-8,20H,3,6,9-15H2,1-2H3,(H,21,22). The normalized spacial score (nSPS) is 16.6. The minimum absolute atomic E-state index is 0.0782. The molecule has 1 aromatic carbocycles. The lowest BCUT2D eigenvalue weighted by atomic mass is 9.79. The third-order valence-electron chi connectivity index (χ3n) is 4.65. The lowest BCUT2D eigenvalue weighted by Crippen LogP contribution is -2.47. The first-order chi connectivity index (χ1) is 11.7. The van der Waals surface area contributed by atoms with Gasteiger partial charge in [0.1, 0.15) is 5.75 Å². The zero-order valence-electron chi connectivity index (χ0n) is 14.9. The van der Waals surface area contributed by atoms with Crippen molar-refractivity contribution in [2.45, 2.75) is 32.6 Å². The van der Waals surface area contributed by atoms with Crippen molar-refractivity contribution in [2.24, 2.45) is 5.41 Å². The van der Waals surface area contributed by atoms with Gasteiger partial charge in [-0.2, -0.15) is 0 Å². The molecule has 1 aliphatic rings. The largest absolute Gasteiger partial charge is 0.494 e. The Morgan fingerprint density at radius 3 is 2.58 bits per heavy atom. The number of hydrogen-bond donors (Lipinski definition) is 2. The molecule has 134 valence electrons. The third kappa shape index (κ3) is 5.80. The molecule has 24 heavy (non-hydrogen) atoms. The van der Waals surface area contributed by atoms with Crippen LogP contribution in [-0.4, -0.2) is 45.9 Å². The average Bonchev–Trinajstić information content (AvgIpc) is 2.61. The van der Waals surface area contributed by atoms with Gasteiger partial charge in [0.05, 0.1) is 13.2 Å². The molecule has 0 spiro atoms. The van der Waals surface area contributed by atoms with Crippen LogP contribution in [0.3, 0.4) is 0 Å². The van der Waals surface area contributed by atoms with E-state index < -0.39 is 0 Å². The quantitative estimate of drug-likeness (QED) is 0.726. The Labute approximate surface area is 145 Å². The number of aryl methyl sites for hydroxylation is 1. The van der Waals surface area contributed by atoms with Crippen molar-refractivity contribution >= 4 is 5.91 Å². The van der Waals surface area contributed by atoms with Gasteiger partial charge in [0.2, 0.25) is 5.91 Å². The van der Waals surface area contributed by atoms with Crippen molar-refractivity contribution in [1.29, 1.82) is 0 Å². The summed E-state index contributed by atoms with van der Waals surface area (Å²) in [5, 5.41) is 6.48. The number of carbonyl (C=O) groups excluding carboxylic acids is 1. The van der Waals surface area contributed by atoms with E-state index in [9.17, 15) is 4.79 Å². The number of amides is 1. The van der Waals surface area contributed by atoms with Gasteiger partial charge in [0.25, 0.3) is 0 Å². The first-order valence-corrected chi connectivity index (χ1v) is 8.85. The number of hydrogen-bond acceptors (Lipinski definition) is 4. The molecule has 0 saturated carbocycles. The summed E-state index contributed by atoms with van der Waals surface area (Å²) in [6.07, 6.45) is 3.34. The zero-order valence-corrected chi connectivity index (χ0v) is 14.9. The highest BCUT2D eigenvalue weighted by molar-refractivity contribution is 5.76. The molecule has 0 aliphatic carbocycles. The number of methoxy groups -OCH3 is 1. The van der Waals surface area contributed by atoms with Crippen molar-refractivity contribution in [2.75, 3.05) is 40.0 Å². The highest BCUT2D eigenvalue weighted by Crippen LogP contribution is 2.28. The fourth-order valence-electron chi connectivity index (χ4n) is 3.19. The van der Waals surface area contributed by atoms with E-state index in [2.05, 4.69) is 10.6 Å². The summed E-state index contributed by atoms with van der Waals surface area (Å²) in [6.45, 7) is 6.02. The fourth-order valence-corrected chi connectivity index (χ4v) is 3.19. The predicted molar refractivity (Wildman–Crippen MR) is 95.4 cm³/mol. The van der Waals surface area contributed by atoms with Gasteiger partial charge < -0.3 is 20.1 Å². The topological polar surface area (TPSA) is 59.6 Å². The smallest absolute Gasteiger partial charge is 0.220 e. The van der Waals surface area contributed by atoms with Crippen LogP contribution in [0.4, 0.5) is 0 Å². The molecular formula is C19H30N2O3. The average molecular weight is 334 g/mol. The van der Waals surface area contributed by atoms with Gasteiger partial charge in [-0.05, 0) is 57.0 Å². The Bertz CT molecular complexity index is 490. The predicted octanol–water partition coefficient (Wildman–Crippen LogP) is 2.15. The van der Waals surface area contributed by atoms with Crippen molar-refractivity contribution < 1.29 is 14.3 Å². The van der Waals surface area contributed by atoms with Gasteiger partial charge in [0, 0.05) is 25.5 Å². The molecule has 2 N–H and O–H groups in total. The van der Waals surface area contributed by atoms with Crippen LogP contribution in [0.15, 0.2) is 24.3 Å². The summed E-state index contributed by atoms with van der Waals surface area (Å²) in [4.78, 5) is 12.2. The molecule has 5 heteroatoms. The van der Waals surface area contributed by atoms with Gasteiger partial charge in [0.15, 0.2) is 0 Å². The fraction of sp³-hybridized carbons (Fsp3) is 0.632. The van der Waals surface area contributed by atoms with Crippen molar-refractivity contribution in [3.05, 3.63) is 29.8 Å². The third-order valence-corrected chi connectivity index (χ3v) is 4.65. The van der Waals surface area contributed by atoms with E-state index in [4.69, 9.17) is 9.47 Å². The number of benzene rings is 1. The van der Waals surface area contributed by atoms with Crippen molar-refractivity contribution in [3.63, 3.8) is 0 Å². The van der Waals surface area contributed by atoms with E-state index in [1.807, 2.05) is 31.2 Å². The number of ether oxygens (including phenoxy) is 2. The molecule has 1 saturated heterocycles. The lowest BCUT2D eigenvalue weighted by molar-refractivity contribution is -0.122. The molecule has 1 aliphatic heterocycles. The number of rotatable bonds is 9. The summed E-state index contributed by atoms with van der Waals surface area (Å²) in [5.41, 5.74) is 1.23. The monoisotopic (exact) mass is 334 g/mol. The summed E-state index contributed by atoms with van der Waals surface area (Å²) in [5.74, 6) is 0.982. The van der Waals surface area contributed by atoms with Gasteiger partial charge in [-0.15, -0.1) is 0 Å². The van der Waals surface area contributed by atoms with E-state index in [0.29, 0.717) is 26.2 Å². The van der Waals surface area contributed by atoms with Crippen LogP contribution in [0.2, 0.25) is 0 Å². The van der Waals surface area contributed by atoms with Crippen LogP contribution in [0.25, 0.3) is 0 Å². The first-order valence-electron chi connectivity index (χ1n) is 8.85. The second-order valence-electron chi connectivity index (χ2n) is 6.54. The van der Waals surface area contributed by atoms with Crippen molar-refractivity contribution in [3.8, 4) is 5.75 Å². The molecule has 0 bridgehead atoms. The number of carbonyl (C=O) groups is 1. The number of nitrogens with one attached hydrogen (secondary N) is 2. The van der Waals surface area contributed by atoms with Gasteiger partial charge in [-0.1, -0.05) is 12.1 Å². The highest BCUT2D eigenvalue weighted by Gasteiger charge is 2.32. The molecule has 0 aromatic heterocycles. The van der Waals surface area contributed by atoms with E-state index in [1.54, 1.807) is 7.11 Å². The second kappa shape index (κ2) is 9.64. The Balaban J connectivity index is 1.75. The molecule has 1 amide bonds. The Hall–Kier alpha value is -1.59. The van der Waals surface area contributed by atoms with Crippen LogP contribution in [0.5, 0.6) is 5.75 Å². The van der Waals surface area contributed by atoms with Crippen LogP contribution in [-0.2, 0) is 16.0 Å². The van der Waals surface area contributed by atoms with Gasteiger partial charge >= 0.3 is 0 Å². The Morgan fingerprint density at radius 2 is 1.96 bits per heavy atom. The summed E-state index contributed by atoms with van der Waals surface area (Å²) in [7, 11) is 1.73. The number of piperidine rings is 1. The molecule has 2 rings (SSSR count). The van der Waals surface area contributed by atoms with E-state index in [1.165, 1.54) is 0 Å². The summed E-state index contributed by atoms with van der Waals surface area (Å²) in [6, 6.07) is 7.97. The molecule has 0 unspecified atom stereocenters. The first kappa shape index (κ1) is 18.7. The minimum atomic E-state index is 0.0782. The van der Waals surface area contributed by atoms with E-state index >= 15 is 0 Å². The van der Waals surface area contributed by atoms with Gasteiger partial charge in [-0.3, -0.25) is 4.79 Å². The van der Waals surface area contributed by atoms with Crippen molar-refractivity contribution in [1.82, 2.24) is 10.6 Å². The highest BCUT2D eigenvalue weighted by atomic mass is 16.5. The summed E-state index contributed by atoms with van der Waals surface area (Å²) < 4.78 is 10.8. The van der Waals surface area contributed by atoms with Crippen LogP contribution < -0.4 is 15.4 Å². The van der Waals surface area contributed by atoms with Crippen LogP contribution in [0.1, 0.15) is 31.7 Å². The maximum Gasteiger partial charge on any atom is 0.220 e.